The smallest absolute Gasteiger partial charge is 0.221 e. The van der Waals surface area contributed by atoms with Gasteiger partial charge in [0.1, 0.15) is 0 Å². The first-order valence-electron chi connectivity index (χ1n) is 5.45. The van der Waals surface area contributed by atoms with Gasteiger partial charge in [-0.2, -0.15) is 0 Å². The third kappa shape index (κ3) is 5.12. The Balaban J connectivity index is 2.45. The third-order valence-electron chi connectivity index (χ3n) is 2.14. The Bertz CT molecular complexity index is 387. The number of carbonyl (C=O) groups excluding carboxylic acids is 2. The Morgan fingerprint density at radius 2 is 1.88 bits per heavy atom. The maximum absolute atomic E-state index is 11.2. The lowest BCUT2D eigenvalue weighted by Gasteiger charge is -2.06. The quantitative estimate of drug-likeness (QED) is 0.699. The Hall–Kier alpha value is -1.88. The van der Waals surface area contributed by atoms with Crippen molar-refractivity contribution in [3.05, 3.63) is 29.8 Å². The van der Waals surface area contributed by atoms with Gasteiger partial charge in [-0.25, -0.2) is 0 Å². The van der Waals surface area contributed by atoms with Crippen LogP contribution in [0.3, 0.4) is 0 Å². The number of carbonyl (C=O) groups is 2. The predicted octanol–water partition coefficient (Wildman–Crippen LogP) is 0.610. The molecule has 17 heavy (non-hydrogen) atoms. The number of amides is 2. The summed E-state index contributed by atoms with van der Waals surface area (Å²) in [6, 6.07) is 7.31. The molecule has 1 aromatic rings. The Labute approximate surface area is 100 Å². The summed E-state index contributed by atoms with van der Waals surface area (Å²) in [5, 5.41) is 5.43. The molecule has 0 unspecified atom stereocenters. The Morgan fingerprint density at radius 3 is 2.41 bits per heavy atom. The van der Waals surface area contributed by atoms with E-state index in [0.717, 1.165) is 11.3 Å². The van der Waals surface area contributed by atoms with E-state index in [9.17, 15) is 9.59 Å². The molecule has 0 bridgehead atoms. The van der Waals surface area contributed by atoms with E-state index in [2.05, 4.69) is 10.6 Å². The second kappa shape index (κ2) is 6.65. The monoisotopic (exact) mass is 235 g/mol. The van der Waals surface area contributed by atoms with E-state index in [4.69, 9.17) is 5.73 Å². The van der Waals surface area contributed by atoms with Gasteiger partial charge in [0.25, 0.3) is 0 Å². The molecule has 0 aliphatic carbocycles. The summed E-state index contributed by atoms with van der Waals surface area (Å²) in [5.74, 6) is -0.160. The fraction of sp³-hybridized carbons (Fsp3) is 0.333. The minimum absolute atomic E-state index is 0.0570. The molecule has 0 aromatic heterocycles. The lowest BCUT2D eigenvalue weighted by molar-refractivity contribution is -0.121. The molecule has 0 aliphatic heterocycles. The van der Waals surface area contributed by atoms with E-state index in [-0.39, 0.29) is 11.8 Å². The van der Waals surface area contributed by atoms with Gasteiger partial charge in [-0.05, 0) is 17.7 Å². The highest BCUT2D eigenvalue weighted by atomic mass is 16.2. The van der Waals surface area contributed by atoms with Crippen LogP contribution in [0.2, 0.25) is 0 Å². The van der Waals surface area contributed by atoms with Gasteiger partial charge >= 0.3 is 0 Å². The molecule has 0 radical (unpaired) electrons. The maximum Gasteiger partial charge on any atom is 0.221 e. The van der Waals surface area contributed by atoms with Gasteiger partial charge in [0.15, 0.2) is 0 Å². The van der Waals surface area contributed by atoms with Crippen LogP contribution in [0.4, 0.5) is 5.69 Å². The first kappa shape index (κ1) is 13.2. The zero-order chi connectivity index (χ0) is 12.7. The van der Waals surface area contributed by atoms with Crippen LogP contribution in [0.5, 0.6) is 0 Å². The molecule has 4 N–H and O–H groups in total. The fourth-order valence-corrected chi connectivity index (χ4v) is 1.33. The number of hydrogen-bond donors (Lipinski definition) is 3. The van der Waals surface area contributed by atoms with E-state index in [1.54, 1.807) is 12.1 Å². The van der Waals surface area contributed by atoms with Crippen molar-refractivity contribution >= 4 is 17.5 Å². The van der Waals surface area contributed by atoms with Crippen LogP contribution in [0.1, 0.15) is 18.9 Å². The molecule has 5 nitrogen and oxygen atoms in total. The number of anilines is 1. The van der Waals surface area contributed by atoms with Gasteiger partial charge in [0, 0.05) is 32.1 Å². The highest BCUT2D eigenvalue weighted by Gasteiger charge is 2.00. The molecule has 0 atom stereocenters. The Kier molecular flexibility index (Phi) is 5.16. The van der Waals surface area contributed by atoms with Crippen LogP contribution in [0.15, 0.2) is 24.3 Å². The topological polar surface area (TPSA) is 84.2 Å². The first-order valence-corrected chi connectivity index (χ1v) is 5.45. The zero-order valence-corrected chi connectivity index (χ0v) is 9.82. The summed E-state index contributed by atoms with van der Waals surface area (Å²) in [7, 11) is 0. The summed E-state index contributed by atoms with van der Waals surface area (Å²) >= 11 is 0. The van der Waals surface area contributed by atoms with Gasteiger partial charge in [-0.3, -0.25) is 9.59 Å². The second-order valence-corrected chi connectivity index (χ2v) is 3.69. The molecule has 0 saturated carbocycles. The van der Waals surface area contributed by atoms with Gasteiger partial charge < -0.3 is 16.4 Å². The number of hydrogen-bond acceptors (Lipinski definition) is 3. The minimum atomic E-state index is -0.103. The van der Waals surface area contributed by atoms with Crippen LogP contribution in [0, 0.1) is 0 Å². The lowest BCUT2D eigenvalue weighted by Crippen LogP contribution is -2.24. The van der Waals surface area contributed by atoms with Crippen molar-refractivity contribution in [2.75, 3.05) is 11.9 Å². The summed E-state index contributed by atoms with van der Waals surface area (Å²) in [6.07, 6.45) is 0.337. The standard InChI is InChI=1S/C12H17N3O2/c1-9(16)15-11-4-2-10(3-5-11)8-14-12(17)6-7-13/h2-5H,6-8,13H2,1H3,(H,14,17)(H,15,16). The van der Waals surface area contributed by atoms with Crippen molar-refractivity contribution in [2.45, 2.75) is 19.9 Å². The largest absolute Gasteiger partial charge is 0.352 e. The third-order valence-corrected chi connectivity index (χ3v) is 2.14. The van der Waals surface area contributed by atoms with E-state index in [1.807, 2.05) is 12.1 Å². The SMILES string of the molecule is CC(=O)Nc1ccc(CNC(=O)CCN)cc1. The number of benzene rings is 1. The molecule has 1 aromatic carbocycles. The van der Waals surface area contributed by atoms with E-state index < -0.39 is 0 Å². The van der Waals surface area contributed by atoms with Crippen molar-refractivity contribution in [3.63, 3.8) is 0 Å². The van der Waals surface area contributed by atoms with E-state index in [1.165, 1.54) is 6.92 Å². The molecule has 0 fully saturated rings. The van der Waals surface area contributed by atoms with Crippen LogP contribution in [-0.4, -0.2) is 18.4 Å². The number of nitrogens with one attached hydrogen (secondary N) is 2. The average molecular weight is 235 g/mol. The number of nitrogens with two attached hydrogens (primary N) is 1. The summed E-state index contributed by atoms with van der Waals surface area (Å²) in [4.78, 5) is 22.0. The molecule has 0 spiro atoms. The maximum atomic E-state index is 11.2. The van der Waals surface area contributed by atoms with Crippen molar-refractivity contribution in [3.8, 4) is 0 Å². The van der Waals surface area contributed by atoms with Crippen LogP contribution >= 0.6 is 0 Å². The highest BCUT2D eigenvalue weighted by molar-refractivity contribution is 5.88. The van der Waals surface area contributed by atoms with Crippen molar-refractivity contribution < 1.29 is 9.59 Å². The van der Waals surface area contributed by atoms with Crippen molar-refractivity contribution in [1.82, 2.24) is 5.32 Å². The number of rotatable bonds is 5. The molecule has 0 saturated heterocycles. The van der Waals surface area contributed by atoms with Gasteiger partial charge in [-0.1, -0.05) is 12.1 Å². The zero-order valence-electron chi connectivity index (χ0n) is 9.82. The molecule has 0 heterocycles. The fourth-order valence-electron chi connectivity index (χ4n) is 1.33. The minimum Gasteiger partial charge on any atom is -0.352 e. The van der Waals surface area contributed by atoms with Gasteiger partial charge in [-0.15, -0.1) is 0 Å². The van der Waals surface area contributed by atoms with Gasteiger partial charge in [0.05, 0.1) is 0 Å². The van der Waals surface area contributed by atoms with E-state index >= 15 is 0 Å². The summed E-state index contributed by atoms with van der Waals surface area (Å²) in [5.41, 5.74) is 6.98. The average Bonchev–Trinajstić information content (AvgIpc) is 2.28. The summed E-state index contributed by atoms with van der Waals surface area (Å²) in [6.45, 7) is 2.29. The lowest BCUT2D eigenvalue weighted by atomic mass is 10.2. The van der Waals surface area contributed by atoms with Crippen LogP contribution < -0.4 is 16.4 Å². The molecule has 2 amide bonds. The second-order valence-electron chi connectivity index (χ2n) is 3.69. The van der Waals surface area contributed by atoms with Crippen molar-refractivity contribution in [2.24, 2.45) is 5.73 Å². The van der Waals surface area contributed by atoms with Crippen LogP contribution in [0.25, 0.3) is 0 Å². The Morgan fingerprint density at radius 1 is 1.24 bits per heavy atom. The highest BCUT2D eigenvalue weighted by Crippen LogP contribution is 2.09. The summed E-state index contributed by atoms with van der Waals surface area (Å²) < 4.78 is 0. The molecular weight excluding hydrogens is 218 g/mol. The predicted molar refractivity (Wildman–Crippen MR) is 66.3 cm³/mol. The molecular formula is C12H17N3O2. The molecule has 92 valence electrons. The molecule has 1 rings (SSSR count). The van der Waals surface area contributed by atoms with E-state index in [0.29, 0.717) is 19.5 Å². The molecule has 5 heteroatoms. The van der Waals surface area contributed by atoms with Gasteiger partial charge in [0.2, 0.25) is 11.8 Å². The van der Waals surface area contributed by atoms with Crippen LogP contribution in [-0.2, 0) is 16.1 Å². The first-order chi connectivity index (χ1) is 8.11. The molecule has 0 aliphatic rings. The van der Waals surface area contributed by atoms with Crippen molar-refractivity contribution in [1.29, 1.82) is 0 Å². The normalized spacial score (nSPS) is 9.76.